The Hall–Kier alpha value is -2.71. The number of hydrogen-bond donors (Lipinski definition) is 1. The molecule has 0 bridgehead atoms. The summed E-state index contributed by atoms with van der Waals surface area (Å²) in [5, 5.41) is 9.56. The first-order valence-electron chi connectivity index (χ1n) is 18.7. The van der Waals surface area contributed by atoms with Gasteiger partial charge < -0.3 is 23.8 Å². The highest BCUT2D eigenvalue weighted by Crippen LogP contribution is 2.12. The van der Waals surface area contributed by atoms with Gasteiger partial charge in [0.05, 0.1) is 34.4 Å². The van der Waals surface area contributed by atoms with Gasteiger partial charge in [-0.1, -0.05) is 107 Å². The minimum atomic E-state index is -0.885. The lowest BCUT2D eigenvalue weighted by Crippen LogP contribution is -2.50. The molecule has 0 heterocycles. The fourth-order valence-electron chi connectivity index (χ4n) is 5.06. The normalized spacial score (nSPS) is 13.6. The first-order chi connectivity index (χ1) is 23.1. The van der Waals surface area contributed by atoms with Crippen molar-refractivity contribution < 1.29 is 38.2 Å². The largest absolute Gasteiger partial charge is 0.477 e. The van der Waals surface area contributed by atoms with Crippen LogP contribution in [-0.2, 0) is 28.6 Å². The standard InChI is InChI=1S/C40H69NO7/c1-6-8-10-12-14-16-17-18-19-20-21-22-23-25-26-28-30-38(42)47-35-36(34-46-33-32-37(40(44)45)41(3,4)5)48-39(43)31-29-27-24-15-13-11-9-7-2/h8,10,14,16,18-19,24,27,36-37H,6-7,9,11-13,15,17,20-23,25-26,28-35H2,1-5H3/p+1/b10-8+,16-14+,19-18+,27-24+. The molecule has 2 atom stereocenters. The number of unbranched alkanes of at least 4 members (excludes halogenated alkanes) is 10. The van der Waals surface area contributed by atoms with Crippen molar-refractivity contribution in [2.45, 2.75) is 148 Å². The minimum Gasteiger partial charge on any atom is -0.477 e. The number of likely N-dealkylation sites (N-methyl/N-ethyl adjacent to an activating group) is 1. The molecule has 0 aliphatic heterocycles. The predicted molar refractivity (Wildman–Crippen MR) is 197 cm³/mol. The highest BCUT2D eigenvalue weighted by molar-refractivity contribution is 5.72. The van der Waals surface area contributed by atoms with Gasteiger partial charge in [-0.05, 0) is 57.8 Å². The van der Waals surface area contributed by atoms with Crippen LogP contribution in [0, 0.1) is 0 Å². The molecular weight excluding hydrogens is 606 g/mol. The minimum absolute atomic E-state index is 0.0400. The summed E-state index contributed by atoms with van der Waals surface area (Å²) >= 11 is 0. The maximum absolute atomic E-state index is 12.5. The molecule has 0 aliphatic carbocycles. The number of carbonyl (C=O) groups is 3. The maximum Gasteiger partial charge on any atom is 0.362 e. The molecule has 2 unspecified atom stereocenters. The molecule has 1 N–H and O–H groups in total. The van der Waals surface area contributed by atoms with E-state index in [9.17, 15) is 19.5 Å². The van der Waals surface area contributed by atoms with E-state index < -0.39 is 18.1 Å². The zero-order valence-corrected chi connectivity index (χ0v) is 31.2. The fourth-order valence-corrected chi connectivity index (χ4v) is 5.06. The van der Waals surface area contributed by atoms with Gasteiger partial charge in [0.2, 0.25) is 0 Å². The van der Waals surface area contributed by atoms with E-state index in [0.717, 1.165) is 64.2 Å². The van der Waals surface area contributed by atoms with Crippen molar-refractivity contribution in [2.24, 2.45) is 0 Å². The molecule has 8 nitrogen and oxygen atoms in total. The van der Waals surface area contributed by atoms with Crippen LogP contribution < -0.4 is 0 Å². The molecule has 0 saturated heterocycles. The fraction of sp³-hybridized carbons (Fsp3) is 0.725. The van der Waals surface area contributed by atoms with Crippen molar-refractivity contribution >= 4 is 17.9 Å². The second-order valence-corrected chi connectivity index (χ2v) is 13.4. The Balaban J connectivity index is 4.41. The lowest BCUT2D eigenvalue weighted by Gasteiger charge is -2.31. The lowest BCUT2D eigenvalue weighted by atomic mass is 10.1. The van der Waals surface area contributed by atoms with Crippen molar-refractivity contribution in [1.82, 2.24) is 0 Å². The summed E-state index contributed by atoms with van der Waals surface area (Å²) in [5.41, 5.74) is 0. The molecule has 0 rings (SSSR count). The van der Waals surface area contributed by atoms with Crippen LogP contribution in [0.1, 0.15) is 136 Å². The average molecular weight is 677 g/mol. The molecule has 0 aliphatic rings. The lowest BCUT2D eigenvalue weighted by molar-refractivity contribution is -0.887. The number of carboxylic acids is 1. The highest BCUT2D eigenvalue weighted by atomic mass is 16.6. The van der Waals surface area contributed by atoms with Crippen LogP contribution in [0.25, 0.3) is 0 Å². The van der Waals surface area contributed by atoms with Crippen molar-refractivity contribution in [3.05, 3.63) is 48.6 Å². The number of carbonyl (C=O) groups excluding carboxylic acids is 2. The van der Waals surface area contributed by atoms with Crippen LogP contribution in [0.2, 0.25) is 0 Å². The number of carboxylic acid groups (broad SMARTS) is 1. The Morgan fingerprint density at radius 2 is 1.21 bits per heavy atom. The third kappa shape index (κ3) is 29.4. The Morgan fingerprint density at radius 1 is 0.646 bits per heavy atom. The molecular formula is C40H70NO7+. The molecule has 0 aromatic carbocycles. The summed E-state index contributed by atoms with van der Waals surface area (Å²) in [6.45, 7) is 4.50. The third-order valence-electron chi connectivity index (χ3n) is 7.98. The molecule has 276 valence electrons. The number of quaternary nitrogens is 1. The number of rotatable bonds is 32. The number of aliphatic carboxylic acids is 1. The predicted octanol–water partition coefficient (Wildman–Crippen LogP) is 9.29. The zero-order valence-electron chi connectivity index (χ0n) is 31.2. The Labute approximate surface area is 293 Å². The van der Waals surface area contributed by atoms with E-state index in [0.29, 0.717) is 19.3 Å². The molecule has 0 spiro atoms. The number of ether oxygens (including phenoxy) is 3. The van der Waals surface area contributed by atoms with Gasteiger partial charge in [0.1, 0.15) is 6.61 Å². The zero-order chi connectivity index (χ0) is 35.7. The van der Waals surface area contributed by atoms with E-state index in [1.54, 1.807) is 0 Å². The molecule has 0 aromatic heterocycles. The summed E-state index contributed by atoms with van der Waals surface area (Å²) in [4.78, 5) is 36.6. The van der Waals surface area contributed by atoms with Crippen molar-refractivity contribution in [3.8, 4) is 0 Å². The molecule has 0 fully saturated rings. The van der Waals surface area contributed by atoms with Crippen LogP contribution in [-0.4, -0.2) is 80.6 Å². The van der Waals surface area contributed by atoms with Gasteiger partial charge in [0.25, 0.3) is 0 Å². The van der Waals surface area contributed by atoms with Crippen molar-refractivity contribution in [2.75, 3.05) is 41.0 Å². The SMILES string of the molecule is CC/C=C/C/C=C/C/C=C/CCCCCCCCC(=O)OCC(COCCC(C(=O)O)[N+](C)(C)C)OC(=O)CC/C=C/CCCCCC. The van der Waals surface area contributed by atoms with Crippen LogP contribution in [0.5, 0.6) is 0 Å². The van der Waals surface area contributed by atoms with Crippen molar-refractivity contribution in [3.63, 3.8) is 0 Å². The van der Waals surface area contributed by atoms with Crippen molar-refractivity contribution in [1.29, 1.82) is 0 Å². The number of allylic oxidation sites excluding steroid dienone is 8. The molecule has 0 saturated carbocycles. The summed E-state index contributed by atoms with van der Waals surface area (Å²) in [5.74, 6) is -1.56. The maximum atomic E-state index is 12.5. The molecule has 0 aromatic rings. The van der Waals surface area contributed by atoms with Gasteiger partial charge in [-0.2, -0.15) is 0 Å². The topological polar surface area (TPSA) is 99.1 Å². The average Bonchev–Trinajstić information content (AvgIpc) is 3.03. The van der Waals surface area contributed by atoms with E-state index in [4.69, 9.17) is 14.2 Å². The van der Waals surface area contributed by atoms with E-state index in [-0.39, 0.29) is 42.7 Å². The quantitative estimate of drug-likeness (QED) is 0.0328. The highest BCUT2D eigenvalue weighted by Gasteiger charge is 2.31. The Morgan fingerprint density at radius 3 is 1.83 bits per heavy atom. The van der Waals surface area contributed by atoms with Crippen LogP contribution in [0.15, 0.2) is 48.6 Å². The smallest absolute Gasteiger partial charge is 0.362 e. The summed E-state index contributed by atoms with van der Waals surface area (Å²) < 4.78 is 17.1. The number of hydrogen-bond acceptors (Lipinski definition) is 6. The Kier molecular flexibility index (Phi) is 29.8. The molecule has 0 radical (unpaired) electrons. The summed E-state index contributed by atoms with van der Waals surface area (Å²) in [6, 6.07) is -0.620. The van der Waals surface area contributed by atoms with Gasteiger partial charge in [-0.3, -0.25) is 9.59 Å². The van der Waals surface area contributed by atoms with E-state index in [1.165, 1.54) is 32.1 Å². The summed E-state index contributed by atoms with van der Waals surface area (Å²) in [7, 11) is 5.49. The monoisotopic (exact) mass is 677 g/mol. The van der Waals surface area contributed by atoms with Crippen LogP contribution in [0.4, 0.5) is 0 Å². The van der Waals surface area contributed by atoms with Gasteiger partial charge in [-0.15, -0.1) is 0 Å². The second kappa shape index (κ2) is 31.6. The number of nitrogens with zero attached hydrogens (tertiary/aromatic N) is 1. The van der Waals surface area contributed by atoms with Gasteiger partial charge in [0.15, 0.2) is 12.1 Å². The van der Waals surface area contributed by atoms with Gasteiger partial charge in [-0.25, -0.2) is 4.79 Å². The first kappa shape index (κ1) is 45.3. The van der Waals surface area contributed by atoms with E-state index >= 15 is 0 Å². The number of esters is 2. The van der Waals surface area contributed by atoms with E-state index in [1.807, 2.05) is 27.2 Å². The third-order valence-corrected chi connectivity index (χ3v) is 7.98. The first-order valence-corrected chi connectivity index (χ1v) is 18.7. The second-order valence-electron chi connectivity index (χ2n) is 13.4. The van der Waals surface area contributed by atoms with Crippen LogP contribution >= 0.6 is 0 Å². The molecule has 48 heavy (non-hydrogen) atoms. The van der Waals surface area contributed by atoms with E-state index in [2.05, 4.69) is 56.4 Å². The summed E-state index contributed by atoms with van der Waals surface area (Å²) in [6.07, 6.45) is 34.6. The molecule has 8 heteroatoms. The molecule has 0 amide bonds. The van der Waals surface area contributed by atoms with Gasteiger partial charge >= 0.3 is 17.9 Å². The Bertz CT molecular complexity index is 932. The van der Waals surface area contributed by atoms with Crippen LogP contribution in [0.3, 0.4) is 0 Å². The van der Waals surface area contributed by atoms with Gasteiger partial charge in [0, 0.05) is 19.3 Å².